The number of hydrogen-bond acceptors (Lipinski definition) is 7. The molecule has 3 aromatic rings. The Bertz CT molecular complexity index is 1430. The fourth-order valence-corrected chi connectivity index (χ4v) is 5.34. The Balaban J connectivity index is 1.09. The summed E-state index contributed by atoms with van der Waals surface area (Å²) in [5.74, 6) is 1.09. The Morgan fingerprint density at radius 3 is 2.65 bits per heavy atom. The van der Waals surface area contributed by atoms with Gasteiger partial charge in [0.05, 0.1) is 24.8 Å². The van der Waals surface area contributed by atoms with E-state index in [0.717, 1.165) is 11.1 Å². The maximum absolute atomic E-state index is 13.9. The largest absolute Gasteiger partial charge is 0.487 e. The smallest absolute Gasteiger partial charge is 0.323 e. The fourth-order valence-electron chi connectivity index (χ4n) is 5.34. The topological polar surface area (TPSA) is 127 Å². The van der Waals surface area contributed by atoms with Crippen LogP contribution in [-0.4, -0.2) is 48.8 Å². The van der Waals surface area contributed by atoms with Gasteiger partial charge in [-0.25, -0.2) is 9.18 Å². The fraction of sp³-hybridized carbons (Fsp3) is 0.310. The van der Waals surface area contributed by atoms with E-state index in [1.807, 2.05) is 18.2 Å². The number of carbonyl (C=O) groups is 2. The van der Waals surface area contributed by atoms with Crippen molar-refractivity contribution in [3.05, 3.63) is 77.6 Å². The number of benzene rings is 3. The van der Waals surface area contributed by atoms with E-state index in [4.69, 9.17) is 18.9 Å². The van der Waals surface area contributed by atoms with Crippen LogP contribution in [0.2, 0.25) is 0 Å². The summed E-state index contributed by atoms with van der Waals surface area (Å²) in [4.78, 5) is 25.3. The zero-order valence-corrected chi connectivity index (χ0v) is 21.4. The zero-order valence-electron chi connectivity index (χ0n) is 21.4. The number of urea groups is 1. The first-order chi connectivity index (χ1) is 19.5. The Morgan fingerprint density at radius 1 is 0.975 bits per heavy atom. The molecular formula is C29H28FN3O7. The predicted octanol–water partition coefficient (Wildman–Crippen LogP) is 3.90. The average Bonchev–Trinajstić information content (AvgIpc) is 3.57. The highest BCUT2D eigenvalue weighted by Gasteiger charge is 2.46. The van der Waals surface area contributed by atoms with Gasteiger partial charge in [0.2, 0.25) is 12.7 Å². The lowest BCUT2D eigenvalue weighted by atomic mass is 9.84. The quantitative estimate of drug-likeness (QED) is 0.352. The maximum atomic E-state index is 13.9. The molecule has 3 aromatic carbocycles. The Morgan fingerprint density at radius 2 is 1.80 bits per heavy atom. The van der Waals surface area contributed by atoms with Crippen molar-refractivity contribution >= 4 is 23.3 Å². The number of amides is 3. The van der Waals surface area contributed by atoms with E-state index in [1.165, 1.54) is 12.1 Å². The monoisotopic (exact) mass is 549 g/mol. The van der Waals surface area contributed by atoms with Crippen LogP contribution in [0.1, 0.15) is 29.9 Å². The van der Waals surface area contributed by atoms with Gasteiger partial charge in [0.1, 0.15) is 23.8 Å². The summed E-state index contributed by atoms with van der Waals surface area (Å²) < 4.78 is 36.8. The Hall–Kier alpha value is -4.35. The number of fused-ring (bicyclic) bond motifs is 4. The summed E-state index contributed by atoms with van der Waals surface area (Å²) in [6, 6.07) is 16.1. The summed E-state index contributed by atoms with van der Waals surface area (Å²) in [6.45, 7) is 0.248. The second kappa shape index (κ2) is 11.0. The van der Waals surface area contributed by atoms with Crippen LogP contribution in [-0.2, 0) is 16.1 Å². The standard InChI is InChI=1S/C29H28FN3O7/c30-21-3-1-2-4-22(21)33-29(36)32-17-6-8-23-19(10-17)20-11-18(39-26(14-34)28(20)40-23)12-27(35)31-13-16-5-7-24-25(9-16)38-15-37-24/h1-10,18,20,26,28,34H,11-15H2,(H,31,35)(H2,32,33,36)/t18-,20+,26+,28-/m1/s1. The van der Waals surface area contributed by atoms with Gasteiger partial charge in [-0.1, -0.05) is 18.2 Å². The van der Waals surface area contributed by atoms with E-state index in [1.54, 1.807) is 30.3 Å². The van der Waals surface area contributed by atoms with Gasteiger partial charge in [-0.05, 0) is 54.4 Å². The van der Waals surface area contributed by atoms with Gasteiger partial charge in [-0.3, -0.25) is 4.79 Å². The summed E-state index contributed by atoms with van der Waals surface area (Å²) in [5.41, 5.74) is 2.30. The molecule has 4 atom stereocenters. The van der Waals surface area contributed by atoms with Crippen molar-refractivity contribution in [2.45, 2.75) is 43.6 Å². The van der Waals surface area contributed by atoms with Crippen molar-refractivity contribution in [2.75, 3.05) is 24.0 Å². The molecule has 3 amide bonds. The predicted molar refractivity (Wildman–Crippen MR) is 142 cm³/mol. The molecule has 3 aliphatic rings. The van der Waals surface area contributed by atoms with E-state index in [-0.39, 0.29) is 37.3 Å². The second-order valence-corrected chi connectivity index (χ2v) is 9.88. The van der Waals surface area contributed by atoms with Gasteiger partial charge >= 0.3 is 6.03 Å². The van der Waals surface area contributed by atoms with E-state index in [2.05, 4.69) is 16.0 Å². The maximum Gasteiger partial charge on any atom is 0.323 e. The highest BCUT2D eigenvalue weighted by atomic mass is 19.1. The van der Waals surface area contributed by atoms with Crippen LogP contribution in [0.15, 0.2) is 60.7 Å². The third-order valence-corrected chi connectivity index (χ3v) is 7.22. The number of aliphatic hydroxyl groups excluding tert-OH is 1. The van der Waals surface area contributed by atoms with Gasteiger partial charge in [-0.15, -0.1) is 0 Å². The number of hydrogen-bond donors (Lipinski definition) is 4. The van der Waals surface area contributed by atoms with Crippen LogP contribution in [0.5, 0.6) is 17.2 Å². The van der Waals surface area contributed by atoms with E-state index >= 15 is 0 Å². The highest BCUT2D eigenvalue weighted by molar-refractivity contribution is 6.00. The number of nitrogens with one attached hydrogen (secondary N) is 3. The Kier molecular flexibility index (Phi) is 7.14. The molecule has 1 fully saturated rings. The van der Waals surface area contributed by atoms with Crippen molar-refractivity contribution in [2.24, 2.45) is 0 Å². The minimum Gasteiger partial charge on any atom is -0.487 e. The minimum atomic E-state index is -0.612. The van der Waals surface area contributed by atoms with Crippen molar-refractivity contribution < 1.29 is 38.0 Å². The molecule has 0 radical (unpaired) electrons. The minimum absolute atomic E-state index is 0.0689. The SMILES string of the molecule is O=C(C[C@H]1C[C@H]2c3cc(NC(=O)Nc4ccccc4F)ccc3O[C@H]2[C@H](CO)O1)NCc1ccc2c(c1)OCO2. The molecule has 3 heterocycles. The van der Waals surface area contributed by atoms with Crippen LogP contribution in [0.4, 0.5) is 20.6 Å². The zero-order chi connectivity index (χ0) is 27.6. The van der Waals surface area contributed by atoms with Crippen molar-refractivity contribution in [3.8, 4) is 17.2 Å². The van der Waals surface area contributed by atoms with Gasteiger partial charge in [-0.2, -0.15) is 0 Å². The molecule has 0 aliphatic carbocycles. The van der Waals surface area contributed by atoms with Crippen molar-refractivity contribution in [3.63, 3.8) is 0 Å². The van der Waals surface area contributed by atoms with Crippen LogP contribution >= 0.6 is 0 Å². The lowest BCUT2D eigenvalue weighted by Gasteiger charge is -2.37. The number of anilines is 2. The Labute approximate surface area is 229 Å². The molecule has 11 heteroatoms. The number of aliphatic hydroxyl groups is 1. The lowest BCUT2D eigenvalue weighted by molar-refractivity contribution is -0.142. The van der Waals surface area contributed by atoms with Crippen molar-refractivity contribution in [1.82, 2.24) is 5.32 Å². The normalized spacial score (nSPS) is 22.1. The number of carbonyl (C=O) groups excluding carboxylic acids is 2. The van der Waals surface area contributed by atoms with Crippen LogP contribution in [0.25, 0.3) is 0 Å². The first kappa shape index (κ1) is 25.9. The molecule has 40 heavy (non-hydrogen) atoms. The molecule has 208 valence electrons. The van der Waals surface area contributed by atoms with E-state index in [0.29, 0.717) is 35.9 Å². The molecule has 0 saturated carbocycles. The highest BCUT2D eigenvalue weighted by Crippen LogP contribution is 2.47. The van der Waals surface area contributed by atoms with E-state index < -0.39 is 30.2 Å². The third kappa shape index (κ3) is 5.38. The molecule has 0 bridgehead atoms. The molecule has 4 N–H and O–H groups in total. The summed E-state index contributed by atoms with van der Waals surface area (Å²) in [5, 5.41) is 18.1. The molecule has 10 nitrogen and oxygen atoms in total. The second-order valence-electron chi connectivity index (χ2n) is 9.88. The van der Waals surface area contributed by atoms with Gasteiger partial charge in [0, 0.05) is 23.7 Å². The average molecular weight is 550 g/mol. The number of para-hydroxylation sites is 1. The molecule has 0 spiro atoms. The summed E-state index contributed by atoms with van der Waals surface area (Å²) in [7, 11) is 0. The van der Waals surface area contributed by atoms with Crippen molar-refractivity contribution in [1.29, 1.82) is 0 Å². The molecule has 6 rings (SSSR count). The van der Waals surface area contributed by atoms with Crippen LogP contribution in [0, 0.1) is 5.82 Å². The molecular weight excluding hydrogens is 521 g/mol. The van der Waals surface area contributed by atoms with Crippen LogP contribution in [0.3, 0.4) is 0 Å². The number of halogens is 1. The molecule has 3 aliphatic heterocycles. The third-order valence-electron chi connectivity index (χ3n) is 7.22. The summed E-state index contributed by atoms with van der Waals surface area (Å²) in [6.07, 6.45) is -0.862. The van der Waals surface area contributed by atoms with E-state index in [9.17, 15) is 19.1 Å². The first-order valence-corrected chi connectivity index (χ1v) is 13.0. The van der Waals surface area contributed by atoms with Crippen LogP contribution < -0.4 is 30.2 Å². The number of rotatable bonds is 7. The summed E-state index contributed by atoms with van der Waals surface area (Å²) >= 11 is 0. The van der Waals surface area contributed by atoms with Gasteiger partial charge < -0.3 is 40.0 Å². The number of ether oxygens (including phenoxy) is 4. The molecule has 0 unspecified atom stereocenters. The van der Waals surface area contributed by atoms with Gasteiger partial charge in [0.25, 0.3) is 0 Å². The first-order valence-electron chi connectivity index (χ1n) is 13.0. The lowest BCUT2D eigenvalue weighted by Crippen LogP contribution is -2.47. The van der Waals surface area contributed by atoms with Gasteiger partial charge in [0.15, 0.2) is 11.5 Å². The molecule has 1 saturated heterocycles. The molecule has 0 aromatic heterocycles.